The van der Waals surface area contributed by atoms with E-state index < -0.39 is 0 Å². The van der Waals surface area contributed by atoms with Gasteiger partial charge in [0.2, 0.25) is 5.91 Å². The second kappa shape index (κ2) is 8.20. The standard InChI is InChI=1S/C20H22FN5OS/c1-14-2-3-15(10-17(14)21)11-22-18(27)12-25-5-7-26(8-6-25)19-16-4-9-28-20(16)24-13-23-19/h2-4,9-10,13H,5-8,11-12H2,1H3,(H,22,27). The zero-order valence-corrected chi connectivity index (χ0v) is 16.5. The third-order valence-electron chi connectivity index (χ3n) is 5.01. The Bertz CT molecular complexity index is 984. The fraction of sp³-hybridized carbons (Fsp3) is 0.350. The van der Waals surface area contributed by atoms with Crippen LogP contribution in [0.3, 0.4) is 0 Å². The van der Waals surface area contributed by atoms with Crippen LogP contribution in [0.2, 0.25) is 0 Å². The minimum atomic E-state index is -0.243. The van der Waals surface area contributed by atoms with E-state index in [1.807, 2.05) is 11.4 Å². The van der Waals surface area contributed by atoms with Gasteiger partial charge in [0, 0.05) is 32.7 Å². The van der Waals surface area contributed by atoms with Crippen molar-refractivity contribution in [1.29, 1.82) is 0 Å². The van der Waals surface area contributed by atoms with E-state index in [0.717, 1.165) is 47.8 Å². The van der Waals surface area contributed by atoms with Gasteiger partial charge in [0.25, 0.3) is 0 Å². The summed E-state index contributed by atoms with van der Waals surface area (Å²) >= 11 is 1.62. The van der Waals surface area contributed by atoms with Gasteiger partial charge in [-0.15, -0.1) is 11.3 Å². The fourth-order valence-corrected chi connectivity index (χ4v) is 4.08. The minimum Gasteiger partial charge on any atom is -0.353 e. The number of rotatable bonds is 5. The van der Waals surface area contributed by atoms with E-state index in [0.29, 0.717) is 18.7 Å². The quantitative estimate of drug-likeness (QED) is 0.715. The molecule has 146 valence electrons. The number of hydrogen-bond donors (Lipinski definition) is 1. The zero-order valence-electron chi connectivity index (χ0n) is 15.7. The molecule has 1 amide bonds. The Morgan fingerprint density at radius 1 is 1.21 bits per heavy atom. The van der Waals surface area contributed by atoms with Crippen molar-refractivity contribution in [2.24, 2.45) is 0 Å². The lowest BCUT2D eigenvalue weighted by Gasteiger charge is -2.35. The van der Waals surface area contributed by atoms with Crippen LogP contribution in [0.4, 0.5) is 10.2 Å². The second-order valence-electron chi connectivity index (χ2n) is 6.96. The third-order valence-corrected chi connectivity index (χ3v) is 5.83. The number of amides is 1. The summed E-state index contributed by atoms with van der Waals surface area (Å²) in [5.41, 5.74) is 1.38. The summed E-state index contributed by atoms with van der Waals surface area (Å²) in [5, 5.41) is 5.99. The van der Waals surface area contributed by atoms with Crippen molar-refractivity contribution in [2.45, 2.75) is 13.5 Å². The van der Waals surface area contributed by atoms with E-state index in [2.05, 4.69) is 31.2 Å². The molecule has 0 aliphatic carbocycles. The van der Waals surface area contributed by atoms with Crippen LogP contribution in [0.1, 0.15) is 11.1 Å². The van der Waals surface area contributed by atoms with Gasteiger partial charge < -0.3 is 10.2 Å². The van der Waals surface area contributed by atoms with Gasteiger partial charge in [-0.05, 0) is 35.6 Å². The van der Waals surface area contributed by atoms with Gasteiger partial charge in [-0.25, -0.2) is 14.4 Å². The molecule has 28 heavy (non-hydrogen) atoms. The molecule has 1 N–H and O–H groups in total. The van der Waals surface area contributed by atoms with Gasteiger partial charge in [0.15, 0.2) is 0 Å². The molecule has 1 fully saturated rings. The number of thiophene rings is 1. The van der Waals surface area contributed by atoms with Crippen LogP contribution >= 0.6 is 11.3 Å². The Morgan fingerprint density at radius 2 is 2.04 bits per heavy atom. The van der Waals surface area contributed by atoms with Gasteiger partial charge in [-0.1, -0.05) is 12.1 Å². The predicted octanol–water partition coefficient (Wildman–Crippen LogP) is 2.58. The number of nitrogens with zero attached hydrogens (tertiary/aromatic N) is 4. The molecule has 0 spiro atoms. The molecule has 1 aromatic carbocycles. The normalized spacial score (nSPS) is 15.1. The third kappa shape index (κ3) is 4.13. The summed E-state index contributed by atoms with van der Waals surface area (Å²) in [6, 6.07) is 7.10. The number of nitrogens with one attached hydrogen (secondary N) is 1. The summed E-state index contributed by atoms with van der Waals surface area (Å²) in [5.74, 6) is 0.681. The molecule has 1 saturated heterocycles. The second-order valence-corrected chi connectivity index (χ2v) is 7.85. The lowest BCUT2D eigenvalue weighted by atomic mass is 10.1. The van der Waals surface area contributed by atoms with E-state index >= 15 is 0 Å². The molecule has 0 unspecified atom stereocenters. The lowest BCUT2D eigenvalue weighted by molar-refractivity contribution is -0.122. The topological polar surface area (TPSA) is 61.4 Å². The van der Waals surface area contributed by atoms with E-state index in [-0.39, 0.29) is 11.7 Å². The molecule has 0 saturated carbocycles. The number of aryl methyl sites for hydroxylation is 1. The van der Waals surface area contributed by atoms with E-state index in [9.17, 15) is 9.18 Å². The molecule has 0 atom stereocenters. The highest BCUT2D eigenvalue weighted by Crippen LogP contribution is 2.27. The van der Waals surface area contributed by atoms with E-state index in [1.54, 1.807) is 30.7 Å². The van der Waals surface area contributed by atoms with Crippen LogP contribution in [0.25, 0.3) is 10.2 Å². The molecule has 0 bridgehead atoms. The fourth-order valence-electron chi connectivity index (χ4n) is 3.35. The molecule has 3 aromatic rings. The van der Waals surface area contributed by atoms with Gasteiger partial charge in [-0.2, -0.15) is 0 Å². The Labute approximate surface area is 167 Å². The van der Waals surface area contributed by atoms with Crippen molar-refractivity contribution in [3.05, 3.63) is 52.9 Å². The molecule has 6 nitrogen and oxygen atoms in total. The number of carbonyl (C=O) groups is 1. The Kier molecular flexibility index (Phi) is 5.50. The zero-order chi connectivity index (χ0) is 19.5. The maximum Gasteiger partial charge on any atom is 0.234 e. The Morgan fingerprint density at radius 3 is 2.82 bits per heavy atom. The first kappa shape index (κ1) is 18.8. The number of anilines is 1. The summed E-state index contributed by atoms with van der Waals surface area (Å²) in [4.78, 5) is 26.4. The highest BCUT2D eigenvalue weighted by Gasteiger charge is 2.21. The molecule has 0 radical (unpaired) electrons. The number of piperazine rings is 1. The number of hydrogen-bond acceptors (Lipinski definition) is 6. The summed E-state index contributed by atoms with van der Waals surface area (Å²) in [6.45, 7) is 5.64. The van der Waals surface area contributed by atoms with E-state index in [1.165, 1.54) is 6.07 Å². The predicted molar refractivity (Wildman–Crippen MR) is 109 cm³/mol. The van der Waals surface area contributed by atoms with E-state index in [4.69, 9.17) is 0 Å². The maximum atomic E-state index is 13.6. The maximum absolute atomic E-state index is 13.6. The van der Waals surface area contributed by atoms with Gasteiger partial charge in [0.05, 0.1) is 11.9 Å². The Balaban J connectivity index is 1.27. The van der Waals surface area contributed by atoms with Crippen LogP contribution in [-0.2, 0) is 11.3 Å². The summed E-state index contributed by atoms with van der Waals surface area (Å²) in [6.07, 6.45) is 1.61. The van der Waals surface area contributed by atoms with Crippen molar-refractivity contribution in [3.8, 4) is 0 Å². The molecule has 3 heterocycles. The minimum absolute atomic E-state index is 0.0447. The van der Waals surface area contributed by atoms with Crippen molar-refractivity contribution >= 4 is 33.3 Å². The first-order chi connectivity index (χ1) is 13.6. The SMILES string of the molecule is Cc1ccc(CNC(=O)CN2CCN(c3ncnc4sccc34)CC2)cc1F. The number of halogens is 1. The number of fused-ring (bicyclic) bond motifs is 1. The van der Waals surface area contributed by atoms with Crippen molar-refractivity contribution in [3.63, 3.8) is 0 Å². The molecule has 2 aromatic heterocycles. The van der Waals surface area contributed by atoms with Crippen molar-refractivity contribution < 1.29 is 9.18 Å². The highest BCUT2D eigenvalue weighted by molar-refractivity contribution is 7.16. The average molecular weight is 399 g/mol. The summed E-state index contributed by atoms with van der Waals surface area (Å²) in [7, 11) is 0. The molecule has 4 rings (SSSR count). The van der Waals surface area contributed by atoms with Crippen LogP contribution in [-0.4, -0.2) is 53.5 Å². The smallest absolute Gasteiger partial charge is 0.234 e. The van der Waals surface area contributed by atoms with Gasteiger partial charge in [0.1, 0.15) is 22.8 Å². The lowest BCUT2D eigenvalue weighted by Crippen LogP contribution is -2.49. The molecule has 8 heteroatoms. The van der Waals surface area contributed by atoms with Gasteiger partial charge >= 0.3 is 0 Å². The van der Waals surface area contributed by atoms with Crippen molar-refractivity contribution in [2.75, 3.05) is 37.6 Å². The van der Waals surface area contributed by atoms with Crippen molar-refractivity contribution in [1.82, 2.24) is 20.2 Å². The molecular formula is C20H22FN5OS. The Hall–Kier alpha value is -2.58. The molecule has 1 aliphatic heterocycles. The first-order valence-electron chi connectivity index (χ1n) is 9.27. The number of aromatic nitrogens is 2. The van der Waals surface area contributed by atoms with Gasteiger partial charge in [-0.3, -0.25) is 9.69 Å². The molecule has 1 aliphatic rings. The number of benzene rings is 1. The monoisotopic (exact) mass is 399 g/mol. The summed E-state index contributed by atoms with van der Waals surface area (Å²) < 4.78 is 13.6. The van der Waals surface area contributed by atoms with Crippen LogP contribution in [0.15, 0.2) is 36.0 Å². The molecular weight excluding hydrogens is 377 g/mol. The van der Waals surface area contributed by atoms with Crippen LogP contribution < -0.4 is 10.2 Å². The largest absolute Gasteiger partial charge is 0.353 e. The average Bonchev–Trinajstić information content (AvgIpc) is 3.18. The first-order valence-corrected chi connectivity index (χ1v) is 10.2. The highest BCUT2D eigenvalue weighted by atomic mass is 32.1. The number of carbonyl (C=O) groups excluding carboxylic acids is 1. The van der Waals surface area contributed by atoms with Crippen LogP contribution in [0.5, 0.6) is 0 Å². The van der Waals surface area contributed by atoms with Crippen LogP contribution in [0, 0.1) is 12.7 Å².